The van der Waals surface area contributed by atoms with Gasteiger partial charge in [0.15, 0.2) is 0 Å². The van der Waals surface area contributed by atoms with E-state index >= 15 is 0 Å². The summed E-state index contributed by atoms with van der Waals surface area (Å²) in [5.41, 5.74) is 0. The third-order valence-corrected chi connectivity index (χ3v) is 3.32. The van der Waals surface area contributed by atoms with Gasteiger partial charge < -0.3 is 5.11 Å². The second-order valence-electron chi connectivity index (χ2n) is 5.10. The zero-order valence-corrected chi connectivity index (χ0v) is 11.5. The monoisotopic (exact) mass is 242 g/mol. The van der Waals surface area contributed by atoms with Crippen LogP contribution in [-0.2, 0) is 9.59 Å². The Morgan fingerprint density at radius 2 is 1.76 bits per heavy atom. The molecule has 0 aliphatic heterocycles. The smallest absolute Gasteiger partial charge is 0.314 e. The molecule has 0 fully saturated rings. The van der Waals surface area contributed by atoms with E-state index in [-0.39, 0.29) is 11.7 Å². The summed E-state index contributed by atoms with van der Waals surface area (Å²) < 4.78 is 0. The van der Waals surface area contributed by atoms with E-state index in [4.69, 9.17) is 5.11 Å². The van der Waals surface area contributed by atoms with E-state index in [2.05, 4.69) is 13.8 Å². The first-order valence-electron chi connectivity index (χ1n) is 6.70. The molecule has 0 radical (unpaired) electrons. The second-order valence-corrected chi connectivity index (χ2v) is 5.10. The highest BCUT2D eigenvalue weighted by Gasteiger charge is 2.30. The fourth-order valence-corrected chi connectivity index (χ4v) is 2.06. The minimum atomic E-state index is -0.960. The summed E-state index contributed by atoms with van der Waals surface area (Å²) in [5.74, 6) is -1.73. The Morgan fingerprint density at radius 1 is 1.18 bits per heavy atom. The Morgan fingerprint density at radius 3 is 2.12 bits per heavy atom. The van der Waals surface area contributed by atoms with E-state index in [1.165, 1.54) is 0 Å². The largest absolute Gasteiger partial charge is 0.481 e. The van der Waals surface area contributed by atoms with Crippen molar-refractivity contribution in [2.24, 2.45) is 17.8 Å². The maximum Gasteiger partial charge on any atom is 0.314 e. The van der Waals surface area contributed by atoms with Gasteiger partial charge in [-0.1, -0.05) is 53.4 Å². The average Bonchev–Trinajstić information content (AvgIpc) is 2.28. The van der Waals surface area contributed by atoms with Crippen LogP contribution < -0.4 is 0 Å². The minimum absolute atomic E-state index is 0.132. The predicted molar refractivity (Wildman–Crippen MR) is 68.9 cm³/mol. The molecule has 1 N–H and O–H groups in total. The summed E-state index contributed by atoms with van der Waals surface area (Å²) in [6.07, 6.45) is 4.72. The minimum Gasteiger partial charge on any atom is -0.481 e. The van der Waals surface area contributed by atoms with Crippen molar-refractivity contribution in [3.8, 4) is 0 Å². The standard InChI is InChI=1S/C14H26O3/c1-5-7-8-11(6-2)9-12(14(16)17)13(15)10(3)4/h10-12H,5-9H2,1-4H3,(H,16,17). The van der Waals surface area contributed by atoms with Crippen LogP contribution in [0.15, 0.2) is 0 Å². The molecule has 3 heteroatoms. The lowest BCUT2D eigenvalue weighted by molar-refractivity contribution is -0.148. The quantitative estimate of drug-likeness (QED) is 0.629. The molecule has 2 unspecified atom stereocenters. The number of hydrogen-bond acceptors (Lipinski definition) is 2. The van der Waals surface area contributed by atoms with Crippen LogP contribution in [0.1, 0.15) is 59.8 Å². The van der Waals surface area contributed by atoms with E-state index in [1.807, 2.05) is 0 Å². The Hall–Kier alpha value is -0.860. The first-order valence-corrected chi connectivity index (χ1v) is 6.70. The Labute approximate surface area is 105 Å². The fourth-order valence-electron chi connectivity index (χ4n) is 2.06. The third-order valence-electron chi connectivity index (χ3n) is 3.32. The van der Waals surface area contributed by atoms with Crippen molar-refractivity contribution >= 4 is 11.8 Å². The van der Waals surface area contributed by atoms with Gasteiger partial charge in [-0.2, -0.15) is 0 Å². The molecule has 0 aromatic carbocycles. The zero-order valence-electron chi connectivity index (χ0n) is 11.5. The van der Waals surface area contributed by atoms with Crippen LogP contribution >= 0.6 is 0 Å². The maximum atomic E-state index is 11.8. The number of ketones is 1. The van der Waals surface area contributed by atoms with Crippen molar-refractivity contribution in [1.29, 1.82) is 0 Å². The van der Waals surface area contributed by atoms with Crippen LogP contribution in [0.3, 0.4) is 0 Å². The molecule has 0 aliphatic carbocycles. The third kappa shape index (κ3) is 5.85. The van der Waals surface area contributed by atoms with Gasteiger partial charge in [0.25, 0.3) is 0 Å². The molecule has 2 atom stereocenters. The molecule has 0 heterocycles. The van der Waals surface area contributed by atoms with Crippen molar-refractivity contribution in [3.63, 3.8) is 0 Å². The van der Waals surface area contributed by atoms with Gasteiger partial charge in [-0.25, -0.2) is 0 Å². The highest BCUT2D eigenvalue weighted by Crippen LogP contribution is 2.24. The van der Waals surface area contributed by atoms with E-state index in [1.54, 1.807) is 13.8 Å². The van der Waals surface area contributed by atoms with E-state index in [0.717, 1.165) is 25.7 Å². The van der Waals surface area contributed by atoms with Crippen molar-refractivity contribution < 1.29 is 14.7 Å². The number of Topliss-reactive ketones (excluding diaryl/α,β-unsaturated/α-hetero) is 1. The summed E-state index contributed by atoms with van der Waals surface area (Å²) in [5, 5.41) is 9.14. The maximum absolute atomic E-state index is 11.8. The van der Waals surface area contributed by atoms with Crippen LogP contribution in [0, 0.1) is 17.8 Å². The van der Waals surface area contributed by atoms with E-state index < -0.39 is 11.9 Å². The number of aliphatic carboxylic acids is 1. The SMILES string of the molecule is CCCCC(CC)CC(C(=O)O)C(=O)C(C)C. The Bertz CT molecular complexity index is 246. The van der Waals surface area contributed by atoms with Gasteiger partial charge in [-0.3, -0.25) is 9.59 Å². The van der Waals surface area contributed by atoms with Crippen LogP contribution in [0.5, 0.6) is 0 Å². The summed E-state index contributed by atoms with van der Waals surface area (Å²) >= 11 is 0. The molecule has 100 valence electrons. The van der Waals surface area contributed by atoms with Crippen LogP contribution in [0.25, 0.3) is 0 Å². The summed E-state index contributed by atoms with van der Waals surface area (Å²) in [6.45, 7) is 7.73. The van der Waals surface area contributed by atoms with Gasteiger partial charge in [0, 0.05) is 5.92 Å². The molecule has 3 nitrogen and oxygen atoms in total. The first kappa shape index (κ1) is 16.1. The lowest BCUT2D eigenvalue weighted by Crippen LogP contribution is -2.29. The molecule has 0 saturated carbocycles. The van der Waals surface area contributed by atoms with Crippen molar-refractivity contribution in [2.75, 3.05) is 0 Å². The number of rotatable bonds is 9. The number of hydrogen-bond donors (Lipinski definition) is 1. The predicted octanol–water partition coefficient (Wildman–Crippen LogP) is 3.52. The molecule has 0 saturated heterocycles. The molecule has 0 amide bonds. The molecule has 17 heavy (non-hydrogen) atoms. The number of carbonyl (C=O) groups excluding carboxylic acids is 1. The highest BCUT2D eigenvalue weighted by atomic mass is 16.4. The number of unbranched alkanes of at least 4 members (excludes halogenated alkanes) is 1. The lowest BCUT2D eigenvalue weighted by Gasteiger charge is -2.20. The van der Waals surface area contributed by atoms with Crippen LogP contribution in [0.4, 0.5) is 0 Å². The Balaban J connectivity index is 4.51. The van der Waals surface area contributed by atoms with E-state index in [0.29, 0.717) is 12.3 Å². The van der Waals surface area contributed by atoms with Gasteiger partial charge >= 0.3 is 5.97 Å². The summed E-state index contributed by atoms with van der Waals surface area (Å²) in [7, 11) is 0. The van der Waals surface area contributed by atoms with Gasteiger partial charge in [-0.05, 0) is 12.3 Å². The summed E-state index contributed by atoms with van der Waals surface area (Å²) in [6, 6.07) is 0. The van der Waals surface area contributed by atoms with E-state index in [9.17, 15) is 9.59 Å². The fraction of sp³-hybridized carbons (Fsp3) is 0.857. The molecule has 0 spiro atoms. The number of carboxylic acids is 1. The number of carbonyl (C=O) groups is 2. The molecule has 0 aromatic rings. The van der Waals surface area contributed by atoms with Crippen LogP contribution in [0.2, 0.25) is 0 Å². The normalized spacial score (nSPS) is 14.6. The van der Waals surface area contributed by atoms with Gasteiger partial charge in [0.05, 0.1) is 0 Å². The lowest BCUT2D eigenvalue weighted by atomic mass is 9.84. The molecule has 0 aromatic heterocycles. The summed E-state index contributed by atoms with van der Waals surface area (Å²) in [4.78, 5) is 23.0. The van der Waals surface area contributed by atoms with Crippen LogP contribution in [-0.4, -0.2) is 16.9 Å². The Kier molecular flexibility index (Phi) is 7.85. The van der Waals surface area contributed by atoms with Gasteiger partial charge in [-0.15, -0.1) is 0 Å². The molecular weight excluding hydrogens is 216 g/mol. The topological polar surface area (TPSA) is 54.4 Å². The number of carboxylic acid groups (broad SMARTS) is 1. The molecular formula is C14H26O3. The van der Waals surface area contributed by atoms with Crippen molar-refractivity contribution in [2.45, 2.75) is 59.8 Å². The molecule has 0 bridgehead atoms. The highest BCUT2D eigenvalue weighted by molar-refractivity contribution is 5.99. The van der Waals surface area contributed by atoms with Crippen molar-refractivity contribution in [3.05, 3.63) is 0 Å². The second kappa shape index (κ2) is 8.26. The first-order chi connectivity index (χ1) is 7.93. The van der Waals surface area contributed by atoms with Gasteiger partial charge in [0.2, 0.25) is 0 Å². The zero-order chi connectivity index (χ0) is 13.4. The van der Waals surface area contributed by atoms with Crippen molar-refractivity contribution in [1.82, 2.24) is 0 Å². The van der Waals surface area contributed by atoms with Gasteiger partial charge in [0.1, 0.15) is 11.7 Å². The average molecular weight is 242 g/mol. The molecule has 0 aliphatic rings. The molecule has 0 rings (SSSR count).